The van der Waals surface area contributed by atoms with Gasteiger partial charge in [-0.05, 0) is 6.07 Å². The molecule has 0 aliphatic carbocycles. The molecule has 1 N–H and O–H groups in total. The van der Waals surface area contributed by atoms with E-state index in [0.717, 1.165) is 0 Å². The Morgan fingerprint density at radius 1 is 1.36 bits per heavy atom. The van der Waals surface area contributed by atoms with Gasteiger partial charge in [0.25, 0.3) is 0 Å². The standard InChI is InChI=1S/C9H6N2O3/c12-8(13)7-5-3-1-2-4-6(5)10-9(14)11-7/h1-4H,(H,12,13)(H,10,11,14)/p-1. The quantitative estimate of drug-likeness (QED) is 0.641. The number of H-pyrrole nitrogens is 1. The molecule has 0 bridgehead atoms. The number of nitrogens with one attached hydrogen (secondary N) is 1. The molecule has 70 valence electrons. The van der Waals surface area contributed by atoms with Gasteiger partial charge in [0.05, 0.1) is 11.5 Å². The molecule has 1 aromatic heterocycles. The van der Waals surface area contributed by atoms with Gasteiger partial charge in [0.2, 0.25) is 0 Å². The topological polar surface area (TPSA) is 85.9 Å². The molecule has 5 nitrogen and oxygen atoms in total. The number of carboxylic acid groups (broad SMARTS) is 1. The minimum atomic E-state index is -1.45. The second-order valence-electron chi connectivity index (χ2n) is 2.72. The summed E-state index contributed by atoms with van der Waals surface area (Å²) < 4.78 is 0. The number of benzene rings is 1. The number of hydrogen-bond donors (Lipinski definition) is 1. The van der Waals surface area contributed by atoms with Crippen LogP contribution in [-0.2, 0) is 0 Å². The second kappa shape index (κ2) is 2.95. The molecular weight excluding hydrogens is 184 g/mol. The summed E-state index contributed by atoms with van der Waals surface area (Å²) in [6.45, 7) is 0. The molecule has 0 fully saturated rings. The molecule has 0 spiro atoms. The molecule has 0 radical (unpaired) electrons. The van der Waals surface area contributed by atoms with Gasteiger partial charge in [-0.2, -0.15) is 4.98 Å². The predicted molar refractivity (Wildman–Crippen MR) is 46.7 cm³/mol. The Kier molecular flexibility index (Phi) is 1.78. The number of carboxylic acids is 1. The third kappa shape index (κ3) is 1.24. The molecule has 14 heavy (non-hydrogen) atoms. The zero-order valence-electron chi connectivity index (χ0n) is 6.98. The summed E-state index contributed by atoms with van der Waals surface area (Å²) in [7, 11) is 0. The van der Waals surface area contributed by atoms with Crippen molar-refractivity contribution in [1.82, 2.24) is 9.97 Å². The van der Waals surface area contributed by atoms with Crippen LogP contribution in [0.4, 0.5) is 0 Å². The zero-order valence-corrected chi connectivity index (χ0v) is 6.98. The van der Waals surface area contributed by atoms with E-state index in [2.05, 4.69) is 9.97 Å². The molecule has 0 unspecified atom stereocenters. The number of rotatable bonds is 1. The zero-order chi connectivity index (χ0) is 10.1. The molecule has 0 aliphatic heterocycles. The monoisotopic (exact) mass is 189 g/mol. The Morgan fingerprint density at radius 3 is 2.79 bits per heavy atom. The van der Waals surface area contributed by atoms with Gasteiger partial charge in [-0.15, -0.1) is 0 Å². The van der Waals surface area contributed by atoms with E-state index in [4.69, 9.17) is 0 Å². The lowest BCUT2D eigenvalue weighted by Gasteiger charge is -2.04. The van der Waals surface area contributed by atoms with E-state index in [0.29, 0.717) is 10.9 Å². The first-order chi connectivity index (χ1) is 6.68. The summed E-state index contributed by atoms with van der Waals surface area (Å²) in [6.07, 6.45) is 0. The van der Waals surface area contributed by atoms with Crippen molar-refractivity contribution in [2.75, 3.05) is 0 Å². The molecule has 2 rings (SSSR count). The summed E-state index contributed by atoms with van der Waals surface area (Å²) in [5.41, 5.74) is -0.584. The average Bonchev–Trinajstić information content (AvgIpc) is 2.16. The summed E-state index contributed by atoms with van der Waals surface area (Å²) in [4.78, 5) is 27.3. The van der Waals surface area contributed by atoms with Crippen LogP contribution in [0.3, 0.4) is 0 Å². The van der Waals surface area contributed by atoms with E-state index in [1.807, 2.05) is 0 Å². The Hall–Kier alpha value is -2.17. The van der Waals surface area contributed by atoms with E-state index in [1.165, 1.54) is 0 Å². The number of aromatic amines is 1. The van der Waals surface area contributed by atoms with Gasteiger partial charge in [0, 0.05) is 5.39 Å². The van der Waals surface area contributed by atoms with Crippen LogP contribution >= 0.6 is 0 Å². The van der Waals surface area contributed by atoms with Crippen molar-refractivity contribution in [1.29, 1.82) is 0 Å². The second-order valence-corrected chi connectivity index (χ2v) is 2.72. The molecule has 2 aromatic rings. The van der Waals surface area contributed by atoms with Gasteiger partial charge >= 0.3 is 5.69 Å². The van der Waals surface area contributed by atoms with Crippen molar-refractivity contribution in [2.24, 2.45) is 0 Å². The average molecular weight is 189 g/mol. The predicted octanol–water partition coefficient (Wildman–Crippen LogP) is -0.713. The minimum Gasteiger partial charge on any atom is -0.543 e. The maximum Gasteiger partial charge on any atom is 0.346 e. The van der Waals surface area contributed by atoms with E-state index < -0.39 is 11.7 Å². The highest BCUT2D eigenvalue weighted by molar-refractivity contribution is 5.99. The van der Waals surface area contributed by atoms with E-state index in [9.17, 15) is 14.7 Å². The molecular formula is C9H5N2O3-. The fraction of sp³-hybridized carbons (Fsp3) is 0. The molecule has 0 amide bonds. The summed E-state index contributed by atoms with van der Waals surface area (Å²) in [5, 5.41) is 11.0. The lowest BCUT2D eigenvalue weighted by molar-refractivity contribution is -0.255. The Morgan fingerprint density at radius 2 is 2.07 bits per heavy atom. The number of aromatic nitrogens is 2. The SMILES string of the molecule is O=C([O-])c1nc(=O)[nH]c2ccccc12. The maximum atomic E-state index is 11.0. The van der Waals surface area contributed by atoms with Crippen LogP contribution in [0, 0.1) is 0 Å². The van der Waals surface area contributed by atoms with Crippen LogP contribution in [0.25, 0.3) is 10.9 Å². The molecule has 0 saturated heterocycles. The van der Waals surface area contributed by atoms with Crippen molar-refractivity contribution < 1.29 is 9.90 Å². The third-order valence-electron chi connectivity index (χ3n) is 1.83. The third-order valence-corrected chi connectivity index (χ3v) is 1.83. The van der Waals surface area contributed by atoms with Gasteiger partial charge in [-0.1, -0.05) is 18.2 Å². The maximum absolute atomic E-state index is 11.0. The Balaban J connectivity index is 2.94. The largest absolute Gasteiger partial charge is 0.543 e. The summed E-state index contributed by atoms with van der Waals surface area (Å²) in [6, 6.07) is 6.51. The number of nitrogens with zero attached hydrogens (tertiary/aromatic N) is 1. The Labute approximate surface area is 78.0 Å². The molecule has 5 heteroatoms. The first kappa shape index (κ1) is 8.43. The highest BCUT2D eigenvalue weighted by Crippen LogP contribution is 2.11. The fourth-order valence-corrected chi connectivity index (χ4v) is 1.26. The van der Waals surface area contributed by atoms with Crippen LogP contribution in [0.2, 0.25) is 0 Å². The smallest absolute Gasteiger partial charge is 0.346 e. The molecule has 0 saturated carbocycles. The van der Waals surface area contributed by atoms with Gasteiger partial charge in [0.1, 0.15) is 5.69 Å². The molecule has 0 aliphatic rings. The number of para-hydroxylation sites is 1. The number of fused-ring (bicyclic) bond motifs is 1. The lowest BCUT2D eigenvalue weighted by Crippen LogP contribution is -2.27. The highest BCUT2D eigenvalue weighted by Gasteiger charge is 2.04. The molecule has 1 aromatic carbocycles. The van der Waals surface area contributed by atoms with Crippen molar-refractivity contribution in [2.45, 2.75) is 0 Å². The number of hydrogen-bond acceptors (Lipinski definition) is 4. The number of aromatic carboxylic acids is 1. The summed E-state index contributed by atoms with van der Waals surface area (Å²) >= 11 is 0. The highest BCUT2D eigenvalue weighted by atomic mass is 16.4. The normalized spacial score (nSPS) is 10.3. The van der Waals surface area contributed by atoms with Crippen molar-refractivity contribution >= 4 is 16.9 Å². The number of carbonyl (C=O) groups is 1. The van der Waals surface area contributed by atoms with Crippen LogP contribution in [0.5, 0.6) is 0 Å². The van der Waals surface area contributed by atoms with Gasteiger partial charge in [-0.3, -0.25) is 0 Å². The fourth-order valence-electron chi connectivity index (χ4n) is 1.26. The lowest BCUT2D eigenvalue weighted by atomic mass is 10.2. The van der Waals surface area contributed by atoms with Crippen molar-refractivity contribution in [3.8, 4) is 0 Å². The van der Waals surface area contributed by atoms with Crippen molar-refractivity contribution in [3.63, 3.8) is 0 Å². The number of carbonyl (C=O) groups excluding carboxylic acids is 1. The van der Waals surface area contributed by atoms with Gasteiger partial charge in [0.15, 0.2) is 0 Å². The van der Waals surface area contributed by atoms with Crippen LogP contribution in [-0.4, -0.2) is 15.9 Å². The van der Waals surface area contributed by atoms with Crippen LogP contribution < -0.4 is 10.8 Å². The van der Waals surface area contributed by atoms with Gasteiger partial charge in [-0.25, -0.2) is 4.79 Å². The molecule has 0 atom stereocenters. The van der Waals surface area contributed by atoms with Gasteiger partial charge < -0.3 is 14.9 Å². The molecule has 1 heterocycles. The van der Waals surface area contributed by atoms with E-state index in [-0.39, 0.29) is 5.69 Å². The van der Waals surface area contributed by atoms with E-state index >= 15 is 0 Å². The first-order valence-corrected chi connectivity index (χ1v) is 3.89. The summed E-state index contributed by atoms with van der Waals surface area (Å²) in [5.74, 6) is -1.45. The van der Waals surface area contributed by atoms with Crippen molar-refractivity contribution in [3.05, 3.63) is 40.4 Å². The Bertz CT molecular complexity index is 559. The van der Waals surface area contributed by atoms with Crippen LogP contribution in [0.1, 0.15) is 10.5 Å². The van der Waals surface area contributed by atoms with E-state index in [1.54, 1.807) is 24.3 Å². The van der Waals surface area contributed by atoms with Crippen LogP contribution in [0.15, 0.2) is 29.1 Å². The first-order valence-electron chi connectivity index (χ1n) is 3.89. The minimum absolute atomic E-state index is 0.329.